The number of urea groups is 2. The van der Waals surface area contributed by atoms with Crippen LogP contribution in [-0.2, 0) is 4.84 Å². The molecule has 2 unspecified atom stereocenters. The Kier molecular flexibility index (Phi) is 7.03. The molecule has 1 aromatic rings. The molecule has 0 bridgehead atoms. The van der Waals surface area contributed by atoms with E-state index in [1.54, 1.807) is 18.0 Å². The highest BCUT2D eigenvalue weighted by molar-refractivity contribution is 5.90. The topological polar surface area (TPSA) is 95.5 Å². The molecule has 1 aromatic carbocycles. The summed E-state index contributed by atoms with van der Waals surface area (Å²) in [5.74, 6) is -0.325. The SMILES string of the molecule is CNC(=O)N1CCCC(N(C(=O)NCC2=NOC(c3cccc(OC(F)(F)F)c3)C2)C2CC2)C1. The molecule has 2 fully saturated rings. The number of ether oxygens (including phenoxy) is 1. The molecule has 2 aliphatic heterocycles. The van der Waals surface area contributed by atoms with Crippen molar-refractivity contribution in [2.24, 2.45) is 5.16 Å². The minimum Gasteiger partial charge on any atom is -0.406 e. The number of carbonyl (C=O) groups is 2. The lowest BCUT2D eigenvalue weighted by Crippen LogP contribution is -2.56. The highest BCUT2D eigenvalue weighted by atomic mass is 19.4. The van der Waals surface area contributed by atoms with Gasteiger partial charge in [0.05, 0.1) is 18.3 Å². The Hall–Kier alpha value is -3.18. The van der Waals surface area contributed by atoms with Crippen LogP contribution in [-0.4, -0.2) is 72.7 Å². The van der Waals surface area contributed by atoms with Gasteiger partial charge in [-0.05, 0) is 43.4 Å². The number of rotatable bonds is 6. The number of piperidine rings is 1. The van der Waals surface area contributed by atoms with Crippen LogP contribution in [0.5, 0.6) is 5.75 Å². The molecule has 0 radical (unpaired) electrons. The standard InChI is InChI=1S/C22H28F3N5O4/c1-26-20(31)29-9-3-5-17(13-29)30(16-7-8-16)21(32)27-12-15-11-19(34-28-15)14-4-2-6-18(10-14)33-22(23,24)25/h2,4,6,10,16-17,19H,3,5,7-9,11-13H2,1H3,(H,26,31)(H,27,32). The Morgan fingerprint density at radius 1 is 1.26 bits per heavy atom. The average Bonchev–Trinajstić information content (AvgIpc) is 3.51. The minimum atomic E-state index is -4.77. The minimum absolute atomic E-state index is 0.0514. The van der Waals surface area contributed by atoms with Gasteiger partial charge in [-0.25, -0.2) is 9.59 Å². The number of halogens is 3. The highest BCUT2D eigenvalue weighted by Gasteiger charge is 2.40. The number of alkyl halides is 3. The quantitative estimate of drug-likeness (QED) is 0.649. The largest absolute Gasteiger partial charge is 0.573 e. The summed E-state index contributed by atoms with van der Waals surface area (Å²) < 4.78 is 41.4. The third kappa shape index (κ3) is 6.03. The maximum Gasteiger partial charge on any atom is 0.573 e. The monoisotopic (exact) mass is 483 g/mol. The Morgan fingerprint density at radius 3 is 2.76 bits per heavy atom. The van der Waals surface area contributed by atoms with E-state index in [0.29, 0.717) is 30.8 Å². The van der Waals surface area contributed by atoms with Crippen molar-refractivity contribution < 1.29 is 32.3 Å². The second-order valence-electron chi connectivity index (χ2n) is 8.67. The number of amides is 4. The predicted octanol–water partition coefficient (Wildman–Crippen LogP) is 3.38. The summed E-state index contributed by atoms with van der Waals surface area (Å²) in [5, 5.41) is 9.54. The van der Waals surface area contributed by atoms with Crippen LogP contribution in [0.15, 0.2) is 29.4 Å². The lowest BCUT2D eigenvalue weighted by molar-refractivity contribution is -0.274. The van der Waals surface area contributed by atoms with Crippen LogP contribution in [0, 0.1) is 0 Å². The second-order valence-corrected chi connectivity index (χ2v) is 8.67. The predicted molar refractivity (Wildman–Crippen MR) is 116 cm³/mol. The third-order valence-electron chi connectivity index (χ3n) is 6.10. The van der Waals surface area contributed by atoms with Gasteiger partial charge in [0.25, 0.3) is 0 Å². The van der Waals surface area contributed by atoms with Gasteiger partial charge in [-0.1, -0.05) is 17.3 Å². The van der Waals surface area contributed by atoms with Gasteiger partial charge < -0.3 is 30.0 Å². The van der Waals surface area contributed by atoms with E-state index in [0.717, 1.165) is 25.7 Å². The van der Waals surface area contributed by atoms with Crippen LogP contribution in [0.2, 0.25) is 0 Å². The maximum absolute atomic E-state index is 13.0. The first-order valence-corrected chi connectivity index (χ1v) is 11.3. The molecule has 34 heavy (non-hydrogen) atoms. The summed E-state index contributed by atoms with van der Waals surface area (Å²) in [4.78, 5) is 34.0. The fourth-order valence-corrected chi connectivity index (χ4v) is 4.40. The summed E-state index contributed by atoms with van der Waals surface area (Å²) in [6.07, 6.45) is -1.45. The molecule has 2 N–H and O–H groups in total. The molecule has 0 aromatic heterocycles. The molecule has 2 atom stereocenters. The van der Waals surface area contributed by atoms with E-state index in [1.165, 1.54) is 18.2 Å². The van der Waals surface area contributed by atoms with E-state index < -0.39 is 12.5 Å². The Labute approximate surface area is 195 Å². The normalized spacial score (nSPS) is 22.5. The van der Waals surface area contributed by atoms with Gasteiger partial charge in [0.2, 0.25) is 0 Å². The lowest BCUT2D eigenvalue weighted by atomic mass is 10.0. The summed E-state index contributed by atoms with van der Waals surface area (Å²) in [6, 6.07) is 5.35. The van der Waals surface area contributed by atoms with Gasteiger partial charge in [0.1, 0.15) is 5.75 Å². The summed E-state index contributed by atoms with van der Waals surface area (Å²) >= 11 is 0. The number of carbonyl (C=O) groups excluding carboxylic acids is 2. The Bertz CT molecular complexity index is 937. The number of benzene rings is 1. The number of hydrogen-bond acceptors (Lipinski definition) is 5. The molecule has 4 rings (SSSR count). The molecule has 186 valence electrons. The lowest BCUT2D eigenvalue weighted by Gasteiger charge is -2.39. The number of hydrogen-bond donors (Lipinski definition) is 2. The fraction of sp³-hybridized carbons (Fsp3) is 0.591. The van der Waals surface area contributed by atoms with Crippen LogP contribution in [0.3, 0.4) is 0 Å². The van der Waals surface area contributed by atoms with Crippen LogP contribution in [0.25, 0.3) is 0 Å². The zero-order valence-corrected chi connectivity index (χ0v) is 18.8. The zero-order chi connectivity index (χ0) is 24.3. The van der Waals surface area contributed by atoms with Gasteiger partial charge in [0.15, 0.2) is 6.10 Å². The highest BCUT2D eigenvalue weighted by Crippen LogP contribution is 2.33. The van der Waals surface area contributed by atoms with E-state index in [2.05, 4.69) is 20.5 Å². The molecule has 9 nitrogen and oxygen atoms in total. The van der Waals surface area contributed by atoms with Gasteiger partial charge >= 0.3 is 18.4 Å². The van der Waals surface area contributed by atoms with Crippen molar-refractivity contribution in [2.45, 2.75) is 56.7 Å². The first-order valence-electron chi connectivity index (χ1n) is 11.3. The number of nitrogens with zero attached hydrogens (tertiary/aromatic N) is 3. The molecule has 2 heterocycles. The van der Waals surface area contributed by atoms with E-state index in [9.17, 15) is 22.8 Å². The average molecular weight is 483 g/mol. The van der Waals surface area contributed by atoms with Crippen molar-refractivity contribution >= 4 is 17.8 Å². The Morgan fingerprint density at radius 2 is 2.06 bits per heavy atom. The van der Waals surface area contributed by atoms with Crippen molar-refractivity contribution in [1.29, 1.82) is 0 Å². The molecule has 1 saturated heterocycles. The second kappa shape index (κ2) is 9.98. The Balaban J connectivity index is 1.31. The first kappa shape index (κ1) is 24.0. The van der Waals surface area contributed by atoms with Crippen molar-refractivity contribution in [3.63, 3.8) is 0 Å². The van der Waals surface area contributed by atoms with E-state index in [-0.39, 0.29) is 36.4 Å². The van der Waals surface area contributed by atoms with Crippen LogP contribution < -0.4 is 15.4 Å². The fourth-order valence-electron chi connectivity index (χ4n) is 4.40. The molecule has 12 heteroatoms. The van der Waals surface area contributed by atoms with Crippen molar-refractivity contribution in [1.82, 2.24) is 20.4 Å². The zero-order valence-electron chi connectivity index (χ0n) is 18.8. The summed E-state index contributed by atoms with van der Waals surface area (Å²) in [7, 11) is 1.59. The van der Waals surface area contributed by atoms with E-state index >= 15 is 0 Å². The molecule has 4 amide bonds. The number of likely N-dealkylation sites (tertiary alicyclic amines) is 1. The molecule has 1 aliphatic carbocycles. The smallest absolute Gasteiger partial charge is 0.406 e. The van der Waals surface area contributed by atoms with Gasteiger partial charge in [-0.2, -0.15) is 0 Å². The van der Waals surface area contributed by atoms with Crippen molar-refractivity contribution in [3.8, 4) is 5.75 Å². The number of oxime groups is 1. The first-order chi connectivity index (χ1) is 16.2. The molecular weight excluding hydrogens is 455 g/mol. The van der Waals surface area contributed by atoms with Gasteiger partial charge in [-0.15, -0.1) is 13.2 Å². The maximum atomic E-state index is 13.0. The van der Waals surface area contributed by atoms with Gasteiger partial charge in [-0.3, -0.25) is 0 Å². The third-order valence-corrected chi connectivity index (χ3v) is 6.10. The molecular formula is C22H28F3N5O4. The van der Waals surface area contributed by atoms with Crippen LogP contribution in [0.1, 0.15) is 43.8 Å². The molecule has 3 aliphatic rings. The van der Waals surface area contributed by atoms with Crippen LogP contribution >= 0.6 is 0 Å². The van der Waals surface area contributed by atoms with E-state index in [1.807, 2.05) is 4.90 Å². The van der Waals surface area contributed by atoms with Gasteiger partial charge in [0, 0.05) is 32.6 Å². The van der Waals surface area contributed by atoms with E-state index in [4.69, 9.17) is 4.84 Å². The molecule has 0 spiro atoms. The van der Waals surface area contributed by atoms with Crippen molar-refractivity contribution in [3.05, 3.63) is 29.8 Å². The summed E-state index contributed by atoms with van der Waals surface area (Å²) in [6.45, 7) is 1.33. The van der Waals surface area contributed by atoms with Crippen molar-refractivity contribution in [2.75, 3.05) is 26.7 Å². The molecule has 1 saturated carbocycles. The summed E-state index contributed by atoms with van der Waals surface area (Å²) in [5.41, 5.74) is 1.09. The number of nitrogens with one attached hydrogen (secondary N) is 2. The van der Waals surface area contributed by atoms with Crippen LogP contribution in [0.4, 0.5) is 22.8 Å².